The first-order valence-electron chi connectivity index (χ1n) is 10.2. The normalized spacial score (nSPS) is 10.4. The molecular weight excluding hydrogens is 438 g/mol. The van der Waals surface area contributed by atoms with Gasteiger partial charge in [-0.05, 0) is 55.0 Å². The lowest BCUT2D eigenvalue weighted by Gasteiger charge is -2.10. The van der Waals surface area contributed by atoms with Crippen LogP contribution in [0.15, 0.2) is 71.8 Å². The molecule has 0 spiro atoms. The summed E-state index contributed by atoms with van der Waals surface area (Å²) in [6.45, 7) is 1.92. The standard InChI is InChI=1S/C25H23N3O6/c1-16-8-11-18(12-9-16)25(31)34-21-13-10-17(14-22(21)33-3)15-26-28-24(30)23(29)27-19-6-4-5-7-20(19)32-2/h4-15H,1-3H3,(H,27,29)(H,28,30). The van der Waals surface area contributed by atoms with Gasteiger partial charge in [-0.2, -0.15) is 5.10 Å². The Morgan fingerprint density at radius 2 is 1.53 bits per heavy atom. The van der Waals surface area contributed by atoms with Crippen molar-refractivity contribution in [1.82, 2.24) is 5.43 Å². The number of methoxy groups -OCH3 is 2. The Labute approximate surface area is 196 Å². The summed E-state index contributed by atoms with van der Waals surface area (Å²) >= 11 is 0. The number of carbonyl (C=O) groups excluding carboxylic acids is 3. The third-order valence-electron chi connectivity index (χ3n) is 4.62. The highest BCUT2D eigenvalue weighted by Gasteiger charge is 2.15. The molecule has 0 aliphatic carbocycles. The van der Waals surface area contributed by atoms with E-state index in [-0.39, 0.29) is 5.75 Å². The molecule has 34 heavy (non-hydrogen) atoms. The van der Waals surface area contributed by atoms with Crippen LogP contribution in [0.2, 0.25) is 0 Å². The van der Waals surface area contributed by atoms with Crippen LogP contribution >= 0.6 is 0 Å². The van der Waals surface area contributed by atoms with Crippen molar-refractivity contribution >= 4 is 29.7 Å². The van der Waals surface area contributed by atoms with Crippen LogP contribution in [-0.4, -0.2) is 38.2 Å². The van der Waals surface area contributed by atoms with Crippen molar-refractivity contribution in [3.05, 3.63) is 83.4 Å². The Hall–Kier alpha value is -4.66. The van der Waals surface area contributed by atoms with Crippen LogP contribution < -0.4 is 25.0 Å². The van der Waals surface area contributed by atoms with Crippen molar-refractivity contribution < 1.29 is 28.6 Å². The van der Waals surface area contributed by atoms with E-state index >= 15 is 0 Å². The molecule has 0 radical (unpaired) electrons. The van der Waals surface area contributed by atoms with E-state index in [1.54, 1.807) is 54.6 Å². The van der Waals surface area contributed by atoms with E-state index in [2.05, 4.69) is 15.8 Å². The number of para-hydroxylation sites is 2. The topological polar surface area (TPSA) is 115 Å². The number of carbonyl (C=O) groups is 3. The van der Waals surface area contributed by atoms with Crippen LogP contribution in [0.4, 0.5) is 5.69 Å². The molecule has 0 atom stereocenters. The fourth-order valence-corrected chi connectivity index (χ4v) is 2.84. The number of nitrogens with one attached hydrogen (secondary N) is 2. The van der Waals surface area contributed by atoms with Crippen molar-refractivity contribution in [1.29, 1.82) is 0 Å². The molecule has 9 heteroatoms. The Kier molecular flexibility index (Phi) is 7.96. The molecule has 0 unspecified atom stereocenters. The molecule has 3 aromatic carbocycles. The number of ether oxygens (including phenoxy) is 3. The largest absolute Gasteiger partial charge is 0.495 e. The molecule has 2 amide bonds. The molecule has 174 valence electrons. The number of aryl methyl sites for hydroxylation is 1. The van der Waals surface area contributed by atoms with Crippen LogP contribution in [0.1, 0.15) is 21.5 Å². The molecule has 0 fully saturated rings. The highest BCUT2D eigenvalue weighted by molar-refractivity contribution is 6.39. The molecule has 0 aliphatic heterocycles. The number of amides is 2. The van der Waals surface area contributed by atoms with Gasteiger partial charge in [0.1, 0.15) is 5.75 Å². The number of anilines is 1. The van der Waals surface area contributed by atoms with Gasteiger partial charge in [0.15, 0.2) is 11.5 Å². The van der Waals surface area contributed by atoms with Gasteiger partial charge in [-0.15, -0.1) is 0 Å². The first-order valence-corrected chi connectivity index (χ1v) is 10.2. The summed E-state index contributed by atoms with van der Waals surface area (Å²) in [5.41, 5.74) is 4.49. The fraction of sp³-hybridized carbons (Fsp3) is 0.120. The number of hydrogen-bond acceptors (Lipinski definition) is 7. The summed E-state index contributed by atoms with van der Waals surface area (Å²) in [6, 6.07) is 18.4. The zero-order valence-corrected chi connectivity index (χ0v) is 18.8. The molecular formula is C25H23N3O6. The summed E-state index contributed by atoms with van der Waals surface area (Å²) in [7, 11) is 2.89. The van der Waals surface area contributed by atoms with E-state index in [9.17, 15) is 14.4 Å². The molecule has 3 rings (SSSR count). The van der Waals surface area contributed by atoms with E-state index < -0.39 is 17.8 Å². The van der Waals surface area contributed by atoms with Crippen LogP contribution in [0.5, 0.6) is 17.2 Å². The third kappa shape index (κ3) is 6.19. The zero-order chi connectivity index (χ0) is 24.5. The molecule has 0 aliphatic rings. The summed E-state index contributed by atoms with van der Waals surface area (Å²) < 4.78 is 15.9. The Balaban J connectivity index is 1.61. The number of esters is 1. The van der Waals surface area contributed by atoms with Crippen LogP contribution in [0.3, 0.4) is 0 Å². The molecule has 3 aromatic rings. The van der Waals surface area contributed by atoms with E-state index in [0.29, 0.717) is 28.3 Å². The van der Waals surface area contributed by atoms with E-state index in [1.807, 2.05) is 19.1 Å². The molecule has 2 N–H and O–H groups in total. The second-order valence-electron chi connectivity index (χ2n) is 7.02. The van der Waals surface area contributed by atoms with Crippen LogP contribution in [-0.2, 0) is 9.59 Å². The van der Waals surface area contributed by atoms with Gasteiger partial charge in [0.05, 0.1) is 31.7 Å². The Morgan fingerprint density at radius 3 is 2.24 bits per heavy atom. The molecule has 0 aromatic heterocycles. The van der Waals surface area contributed by atoms with Gasteiger partial charge in [-0.25, -0.2) is 10.2 Å². The van der Waals surface area contributed by atoms with Crippen molar-refractivity contribution in [2.75, 3.05) is 19.5 Å². The number of hydrazone groups is 1. The lowest BCUT2D eigenvalue weighted by molar-refractivity contribution is -0.136. The van der Waals surface area contributed by atoms with Gasteiger partial charge in [0, 0.05) is 0 Å². The Morgan fingerprint density at radius 1 is 0.824 bits per heavy atom. The second kappa shape index (κ2) is 11.3. The average Bonchev–Trinajstić information content (AvgIpc) is 2.85. The summed E-state index contributed by atoms with van der Waals surface area (Å²) in [4.78, 5) is 36.5. The number of hydrogen-bond donors (Lipinski definition) is 2. The zero-order valence-electron chi connectivity index (χ0n) is 18.8. The predicted molar refractivity (Wildman–Crippen MR) is 126 cm³/mol. The maximum atomic E-state index is 12.4. The van der Waals surface area contributed by atoms with E-state index in [4.69, 9.17) is 14.2 Å². The minimum absolute atomic E-state index is 0.227. The molecule has 0 bridgehead atoms. The minimum Gasteiger partial charge on any atom is -0.495 e. The second-order valence-corrected chi connectivity index (χ2v) is 7.02. The van der Waals surface area contributed by atoms with Crippen molar-refractivity contribution in [3.63, 3.8) is 0 Å². The molecule has 0 heterocycles. The monoisotopic (exact) mass is 461 g/mol. The highest BCUT2D eigenvalue weighted by atomic mass is 16.6. The summed E-state index contributed by atoms with van der Waals surface area (Å²) in [5, 5.41) is 6.24. The predicted octanol–water partition coefficient (Wildman–Crippen LogP) is 3.32. The average molecular weight is 461 g/mol. The van der Waals surface area contributed by atoms with Gasteiger partial charge in [0.25, 0.3) is 0 Å². The first-order chi connectivity index (χ1) is 16.4. The maximum Gasteiger partial charge on any atom is 0.343 e. The Bertz CT molecular complexity index is 1220. The number of rotatable bonds is 7. The summed E-state index contributed by atoms with van der Waals surface area (Å²) in [6.07, 6.45) is 1.32. The number of nitrogens with zero attached hydrogens (tertiary/aromatic N) is 1. The molecule has 0 saturated heterocycles. The lowest BCUT2D eigenvalue weighted by atomic mass is 10.1. The van der Waals surface area contributed by atoms with Gasteiger partial charge in [-0.1, -0.05) is 29.8 Å². The van der Waals surface area contributed by atoms with E-state index in [0.717, 1.165) is 5.56 Å². The lowest BCUT2D eigenvalue weighted by Crippen LogP contribution is -2.32. The van der Waals surface area contributed by atoms with Crippen molar-refractivity contribution in [2.45, 2.75) is 6.92 Å². The van der Waals surface area contributed by atoms with Gasteiger partial charge in [0.2, 0.25) is 0 Å². The van der Waals surface area contributed by atoms with Gasteiger partial charge in [-0.3, -0.25) is 9.59 Å². The molecule has 9 nitrogen and oxygen atoms in total. The van der Waals surface area contributed by atoms with Crippen LogP contribution in [0, 0.1) is 6.92 Å². The number of benzene rings is 3. The first kappa shape index (κ1) is 24.0. The third-order valence-corrected chi connectivity index (χ3v) is 4.62. The van der Waals surface area contributed by atoms with Gasteiger partial charge >= 0.3 is 17.8 Å². The van der Waals surface area contributed by atoms with Crippen molar-refractivity contribution in [3.8, 4) is 17.2 Å². The van der Waals surface area contributed by atoms with E-state index in [1.165, 1.54) is 20.4 Å². The fourth-order valence-electron chi connectivity index (χ4n) is 2.84. The van der Waals surface area contributed by atoms with Crippen molar-refractivity contribution in [2.24, 2.45) is 5.10 Å². The minimum atomic E-state index is -0.960. The molecule has 0 saturated carbocycles. The van der Waals surface area contributed by atoms with Gasteiger partial charge < -0.3 is 19.5 Å². The van der Waals surface area contributed by atoms with Crippen LogP contribution in [0.25, 0.3) is 0 Å². The quantitative estimate of drug-likeness (QED) is 0.183. The highest BCUT2D eigenvalue weighted by Crippen LogP contribution is 2.28. The SMILES string of the molecule is COc1ccccc1NC(=O)C(=O)NN=Cc1ccc(OC(=O)c2ccc(C)cc2)c(OC)c1. The summed E-state index contributed by atoms with van der Waals surface area (Å²) in [5.74, 6) is -1.44. The smallest absolute Gasteiger partial charge is 0.343 e. The maximum absolute atomic E-state index is 12.4.